The number of carbonyl (C=O) groups excluding carboxylic acids is 1. The molecule has 0 saturated heterocycles. The SMILES string of the molecule is CC(C)(C)c1ccc(-c2cccc(C3Nc4c(cc(Cl)cc4C(=O)C4(S(N)(=O)=O)CC4)CC3(C)C)c2)cc1. The van der Waals surface area contributed by atoms with Crippen LogP contribution in [0.1, 0.15) is 80.6 Å². The summed E-state index contributed by atoms with van der Waals surface area (Å²) < 4.78 is 23.1. The number of nitrogens with two attached hydrogens (primary N) is 1. The third-order valence-electron chi connectivity index (χ3n) is 8.11. The van der Waals surface area contributed by atoms with Crippen LogP contribution in [0.4, 0.5) is 5.69 Å². The van der Waals surface area contributed by atoms with Crippen LogP contribution in [-0.4, -0.2) is 18.9 Å². The molecule has 0 radical (unpaired) electrons. The average molecular weight is 551 g/mol. The van der Waals surface area contributed by atoms with Crippen molar-refractivity contribution in [3.05, 3.63) is 87.9 Å². The summed E-state index contributed by atoms with van der Waals surface area (Å²) in [6.07, 6.45) is 1.14. The Balaban J connectivity index is 1.54. The van der Waals surface area contributed by atoms with Gasteiger partial charge < -0.3 is 5.32 Å². The van der Waals surface area contributed by atoms with Gasteiger partial charge >= 0.3 is 0 Å². The zero-order valence-electron chi connectivity index (χ0n) is 22.6. The number of sulfonamides is 1. The molecule has 1 saturated carbocycles. The maximum absolute atomic E-state index is 13.6. The molecule has 38 heavy (non-hydrogen) atoms. The van der Waals surface area contributed by atoms with Crippen LogP contribution in [0.25, 0.3) is 11.1 Å². The van der Waals surface area contributed by atoms with E-state index in [-0.39, 0.29) is 29.7 Å². The van der Waals surface area contributed by atoms with E-state index in [1.807, 2.05) is 6.07 Å². The maximum atomic E-state index is 13.6. The Kier molecular flexibility index (Phi) is 6.33. The summed E-state index contributed by atoms with van der Waals surface area (Å²) >= 11 is 6.42. The molecule has 7 heteroatoms. The fourth-order valence-corrected chi connectivity index (χ4v) is 6.96. The number of carbonyl (C=O) groups is 1. The highest BCUT2D eigenvalue weighted by Crippen LogP contribution is 2.50. The van der Waals surface area contributed by atoms with E-state index < -0.39 is 20.6 Å². The van der Waals surface area contributed by atoms with Crippen molar-refractivity contribution >= 4 is 33.1 Å². The minimum absolute atomic E-state index is 0.0874. The van der Waals surface area contributed by atoms with Crippen LogP contribution in [0, 0.1) is 5.41 Å². The van der Waals surface area contributed by atoms with Gasteiger partial charge in [-0.05, 0) is 76.1 Å². The summed E-state index contributed by atoms with van der Waals surface area (Å²) in [7, 11) is -4.04. The Labute approximate surface area is 230 Å². The topological polar surface area (TPSA) is 89.3 Å². The van der Waals surface area contributed by atoms with Crippen molar-refractivity contribution in [3.8, 4) is 11.1 Å². The van der Waals surface area contributed by atoms with E-state index in [1.165, 1.54) is 5.56 Å². The summed E-state index contributed by atoms with van der Waals surface area (Å²) in [6, 6.07) is 20.5. The Bertz CT molecular complexity index is 1530. The second-order valence-corrected chi connectivity index (χ2v) is 14.9. The average Bonchev–Trinajstić information content (AvgIpc) is 3.64. The van der Waals surface area contributed by atoms with Crippen molar-refractivity contribution in [2.75, 3.05) is 5.32 Å². The molecule has 3 aromatic rings. The number of rotatable bonds is 5. The Morgan fingerprint density at radius 3 is 2.24 bits per heavy atom. The monoisotopic (exact) mass is 550 g/mol. The first-order valence-corrected chi connectivity index (χ1v) is 14.9. The molecule has 3 aromatic carbocycles. The van der Waals surface area contributed by atoms with E-state index in [0.717, 1.165) is 22.3 Å². The number of nitrogens with one attached hydrogen (secondary N) is 1. The number of hydrogen-bond donors (Lipinski definition) is 2. The molecule has 1 atom stereocenters. The predicted octanol–water partition coefficient (Wildman–Crippen LogP) is 7.04. The lowest BCUT2D eigenvalue weighted by Gasteiger charge is -2.42. The fraction of sp³-hybridized carbons (Fsp3) is 0.387. The minimum atomic E-state index is -4.04. The van der Waals surface area contributed by atoms with Crippen LogP contribution < -0.4 is 10.5 Å². The van der Waals surface area contributed by atoms with Crippen molar-refractivity contribution in [1.29, 1.82) is 0 Å². The summed E-state index contributed by atoms with van der Waals surface area (Å²) in [4.78, 5) is 13.6. The smallest absolute Gasteiger partial charge is 0.222 e. The van der Waals surface area contributed by atoms with Gasteiger partial charge in [0.15, 0.2) is 5.78 Å². The molecule has 200 valence electrons. The van der Waals surface area contributed by atoms with E-state index in [0.29, 0.717) is 22.7 Å². The molecule has 5 rings (SSSR count). The number of anilines is 1. The summed E-state index contributed by atoms with van der Waals surface area (Å²) in [5, 5.41) is 9.53. The normalized spacial score (nSPS) is 19.8. The number of ketones is 1. The molecule has 3 N–H and O–H groups in total. The molecule has 1 aliphatic carbocycles. The van der Waals surface area contributed by atoms with Gasteiger partial charge in [0, 0.05) is 16.3 Å². The number of benzene rings is 3. The highest BCUT2D eigenvalue weighted by molar-refractivity contribution is 7.91. The lowest BCUT2D eigenvalue weighted by atomic mass is 9.72. The van der Waals surface area contributed by atoms with Crippen LogP contribution in [0.15, 0.2) is 60.7 Å². The molecular weight excluding hydrogens is 516 g/mol. The summed E-state index contributed by atoms with van der Waals surface area (Å²) in [5.41, 5.74) is 6.37. The maximum Gasteiger partial charge on any atom is 0.222 e. The Morgan fingerprint density at radius 1 is 1.00 bits per heavy atom. The second-order valence-electron chi connectivity index (χ2n) is 12.6. The minimum Gasteiger partial charge on any atom is -0.377 e. The molecule has 5 nitrogen and oxygen atoms in total. The van der Waals surface area contributed by atoms with Crippen molar-refractivity contribution in [2.45, 2.75) is 70.1 Å². The third-order valence-corrected chi connectivity index (χ3v) is 10.0. The van der Waals surface area contributed by atoms with Gasteiger partial charge in [0.25, 0.3) is 0 Å². The van der Waals surface area contributed by atoms with E-state index in [9.17, 15) is 13.2 Å². The molecule has 0 aromatic heterocycles. The molecule has 0 amide bonds. The van der Waals surface area contributed by atoms with E-state index in [2.05, 4.69) is 88.5 Å². The van der Waals surface area contributed by atoms with Crippen LogP contribution in [0.5, 0.6) is 0 Å². The number of hydrogen-bond acceptors (Lipinski definition) is 4. The van der Waals surface area contributed by atoms with Crippen LogP contribution in [-0.2, 0) is 21.9 Å². The van der Waals surface area contributed by atoms with Crippen LogP contribution >= 0.6 is 11.6 Å². The molecule has 0 bridgehead atoms. The first kappa shape index (κ1) is 26.9. The van der Waals surface area contributed by atoms with Gasteiger partial charge in [-0.2, -0.15) is 0 Å². The van der Waals surface area contributed by atoms with E-state index in [4.69, 9.17) is 16.7 Å². The number of primary sulfonamides is 1. The third kappa shape index (κ3) is 4.67. The number of fused-ring (bicyclic) bond motifs is 1. The lowest BCUT2D eigenvalue weighted by molar-refractivity contribution is 0.0978. The Hall–Kier alpha value is -2.67. The molecule has 1 heterocycles. The van der Waals surface area contributed by atoms with Crippen molar-refractivity contribution in [3.63, 3.8) is 0 Å². The standard InChI is InChI=1S/C31H35ClN2O3S/c1-29(2,3)23-11-9-19(10-12-23)20-7-6-8-21(15-20)27-30(4,5)18-22-16-24(32)17-25(26(22)34-27)28(35)31(13-14-31)38(33,36)37/h6-12,15-17,27,34H,13-14,18H2,1-5H3,(H2,33,36,37). The van der Waals surface area contributed by atoms with E-state index >= 15 is 0 Å². The highest BCUT2D eigenvalue weighted by Gasteiger charge is 2.60. The number of halogens is 1. The first-order chi connectivity index (χ1) is 17.6. The van der Waals surface area contributed by atoms with Gasteiger partial charge in [0.1, 0.15) is 4.75 Å². The molecule has 2 aliphatic rings. The van der Waals surface area contributed by atoms with Gasteiger partial charge in [0.2, 0.25) is 10.0 Å². The van der Waals surface area contributed by atoms with E-state index in [1.54, 1.807) is 6.07 Å². The Morgan fingerprint density at radius 2 is 1.66 bits per heavy atom. The molecule has 1 unspecified atom stereocenters. The lowest BCUT2D eigenvalue weighted by Crippen LogP contribution is -2.40. The second kappa shape index (κ2) is 8.94. The first-order valence-electron chi connectivity index (χ1n) is 13.0. The number of Topliss-reactive ketones (excluding diaryl/α,β-unsaturated/α-hetero) is 1. The van der Waals surface area contributed by atoms with Gasteiger partial charge in [-0.3, -0.25) is 4.79 Å². The molecule has 0 spiro atoms. The predicted molar refractivity (Wildman–Crippen MR) is 155 cm³/mol. The zero-order valence-corrected chi connectivity index (χ0v) is 24.1. The molecule has 1 fully saturated rings. The summed E-state index contributed by atoms with van der Waals surface area (Å²) in [6.45, 7) is 11.0. The van der Waals surface area contributed by atoms with Crippen LogP contribution in [0.3, 0.4) is 0 Å². The van der Waals surface area contributed by atoms with Gasteiger partial charge in [-0.15, -0.1) is 0 Å². The largest absolute Gasteiger partial charge is 0.377 e. The van der Waals surface area contributed by atoms with Gasteiger partial charge in [-0.1, -0.05) is 88.7 Å². The van der Waals surface area contributed by atoms with Crippen LogP contribution in [0.2, 0.25) is 5.02 Å². The van der Waals surface area contributed by atoms with Crippen molar-refractivity contribution in [2.24, 2.45) is 10.6 Å². The van der Waals surface area contributed by atoms with Crippen molar-refractivity contribution < 1.29 is 13.2 Å². The molecular formula is C31H35ClN2O3S. The zero-order chi connectivity index (χ0) is 27.7. The summed E-state index contributed by atoms with van der Waals surface area (Å²) in [5.74, 6) is -0.475. The quantitative estimate of drug-likeness (QED) is 0.333. The van der Waals surface area contributed by atoms with Crippen molar-refractivity contribution in [1.82, 2.24) is 0 Å². The van der Waals surface area contributed by atoms with Gasteiger partial charge in [0.05, 0.1) is 6.04 Å². The van der Waals surface area contributed by atoms with Gasteiger partial charge in [-0.25, -0.2) is 13.6 Å². The highest BCUT2D eigenvalue weighted by atomic mass is 35.5. The molecule has 1 aliphatic heterocycles. The fourth-order valence-electron chi connectivity index (χ4n) is 5.68.